The van der Waals surface area contributed by atoms with Gasteiger partial charge in [0.25, 0.3) is 11.5 Å². The summed E-state index contributed by atoms with van der Waals surface area (Å²) in [5.41, 5.74) is 0.900. The fourth-order valence-corrected chi connectivity index (χ4v) is 4.54. The molecule has 2 N–H and O–H groups in total. The summed E-state index contributed by atoms with van der Waals surface area (Å²) in [5, 5.41) is 2.82. The number of amides is 1. The molecule has 170 valence electrons. The van der Waals surface area contributed by atoms with E-state index in [9.17, 15) is 18.8 Å². The van der Waals surface area contributed by atoms with Crippen molar-refractivity contribution in [2.24, 2.45) is 5.41 Å². The van der Waals surface area contributed by atoms with Gasteiger partial charge in [0, 0.05) is 37.3 Å². The van der Waals surface area contributed by atoms with Crippen LogP contribution in [-0.2, 0) is 11.2 Å². The maximum atomic E-state index is 13.9. The van der Waals surface area contributed by atoms with Crippen LogP contribution < -0.4 is 10.9 Å². The van der Waals surface area contributed by atoms with Gasteiger partial charge < -0.3 is 15.0 Å². The van der Waals surface area contributed by atoms with Crippen LogP contribution in [0.15, 0.2) is 35.1 Å². The van der Waals surface area contributed by atoms with Gasteiger partial charge >= 0.3 is 0 Å². The van der Waals surface area contributed by atoms with E-state index < -0.39 is 11.5 Å². The largest absolute Gasteiger partial charge is 0.379 e. The number of hydrogen-bond donors (Lipinski definition) is 2. The van der Waals surface area contributed by atoms with E-state index in [1.54, 1.807) is 6.07 Å². The van der Waals surface area contributed by atoms with Crippen LogP contribution in [0.3, 0.4) is 0 Å². The second-order valence-electron chi connectivity index (χ2n) is 9.27. The Balaban J connectivity index is 1.55. The first-order chi connectivity index (χ1) is 15.2. The number of nitrogens with zero attached hydrogens (tertiary/aromatic N) is 1. The molecule has 32 heavy (non-hydrogen) atoms. The number of pyridine rings is 1. The quantitative estimate of drug-likeness (QED) is 0.744. The van der Waals surface area contributed by atoms with E-state index in [0.29, 0.717) is 50.4 Å². The number of aromatic nitrogens is 1. The molecule has 2 heterocycles. The highest BCUT2D eigenvalue weighted by molar-refractivity contribution is 6.02. The molecule has 1 aromatic carbocycles. The highest BCUT2D eigenvalue weighted by atomic mass is 19.1. The van der Waals surface area contributed by atoms with E-state index in [-0.39, 0.29) is 35.2 Å². The van der Waals surface area contributed by atoms with Crippen molar-refractivity contribution in [3.63, 3.8) is 0 Å². The Kier molecular flexibility index (Phi) is 6.26. The lowest BCUT2D eigenvalue weighted by atomic mass is 9.75. The molecule has 1 aliphatic heterocycles. The number of nitrogens with one attached hydrogen (secondary N) is 2. The van der Waals surface area contributed by atoms with Gasteiger partial charge in [0.05, 0.1) is 19.3 Å². The zero-order valence-electron chi connectivity index (χ0n) is 18.4. The number of H-pyrrole nitrogens is 1. The minimum Gasteiger partial charge on any atom is -0.379 e. The summed E-state index contributed by atoms with van der Waals surface area (Å²) in [4.78, 5) is 43.0. The van der Waals surface area contributed by atoms with E-state index in [0.717, 1.165) is 5.56 Å². The molecule has 7 nitrogen and oxygen atoms in total. The summed E-state index contributed by atoms with van der Waals surface area (Å²) >= 11 is 0. The lowest BCUT2D eigenvalue weighted by Gasteiger charge is -2.35. The van der Waals surface area contributed by atoms with Crippen LogP contribution in [0.5, 0.6) is 0 Å². The molecule has 1 unspecified atom stereocenters. The van der Waals surface area contributed by atoms with E-state index in [1.807, 2.05) is 19.9 Å². The van der Waals surface area contributed by atoms with Crippen molar-refractivity contribution in [1.29, 1.82) is 0 Å². The molecule has 1 atom stereocenters. The first-order valence-corrected chi connectivity index (χ1v) is 10.9. The summed E-state index contributed by atoms with van der Waals surface area (Å²) < 4.78 is 19.3. The molecule has 2 aromatic rings. The van der Waals surface area contributed by atoms with Gasteiger partial charge in [0.1, 0.15) is 11.4 Å². The first kappa shape index (κ1) is 22.4. The Morgan fingerprint density at radius 2 is 1.97 bits per heavy atom. The summed E-state index contributed by atoms with van der Waals surface area (Å²) in [6, 6.07) is 7.44. The van der Waals surface area contributed by atoms with Crippen LogP contribution in [0.1, 0.15) is 58.3 Å². The molecule has 0 bridgehead atoms. The van der Waals surface area contributed by atoms with Crippen LogP contribution in [-0.4, -0.2) is 54.4 Å². The van der Waals surface area contributed by atoms with Crippen LogP contribution >= 0.6 is 0 Å². The van der Waals surface area contributed by atoms with Crippen LogP contribution in [0.2, 0.25) is 0 Å². The van der Waals surface area contributed by atoms with Gasteiger partial charge in [0.2, 0.25) is 0 Å². The molecule has 1 saturated heterocycles. The van der Waals surface area contributed by atoms with Gasteiger partial charge in [-0.3, -0.25) is 19.3 Å². The van der Waals surface area contributed by atoms with Crippen molar-refractivity contribution in [2.75, 3.05) is 32.8 Å². The lowest BCUT2D eigenvalue weighted by Crippen LogP contribution is -2.44. The van der Waals surface area contributed by atoms with Crippen molar-refractivity contribution >= 4 is 11.7 Å². The smallest absolute Gasteiger partial charge is 0.261 e. The molecule has 1 aromatic heterocycles. The fourth-order valence-electron chi connectivity index (χ4n) is 4.54. The number of halogens is 1. The number of aromatic amines is 1. The molecular formula is C24H28FN3O4. The third kappa shape index (κ3) is 4.81. The number of benzene rings is 1. The molecule has 1 fully saturated rings. The van der Waals surface area contributed by atoms with Crippen LogP contribution in [0.4, 0.5) is 4.39 Å². The van der Waals surface area contributed by atoms with E-state index in [2.05, 4.69) is 15.2 Å². The third-order valence-corrected chi connectivity index (χ3v) is 6.14. The van der Waals surface area contributed by atoms with Gasteiger partial charge in [0.15, 0.2) is 5.78 Å². The van der Waals surface area contributed by atoms with E-state index >= 15 is 0 Å². The SMILES string of the molecule is CC1(C)CC(=O)c2cc(C(=O)NCC(c3cccc(F)c3)N3CCOCC3)c(=O)[nH]c2C1. The number of Topliss-reactive ketones (excluding diaryl/α,β-unsaturated/α-hetero) is 1. The Bertz CT molecular complexity index is 1090. The highest BCUT2D eigenvalue weighted by Crippen LogP contribution is 2.33. The molecular weight excluding hydrogens is 413 g/mol. The van der Waals surface area contributed by atoms with Gasteiger partial charge in [-0.05, 0) is 35.6 Å². The van der Waals surface area contributed by atoms with Crippen molar-refractivity contribution < 1.29 is 18.7 Å². The van der Waals surface area contributed by atoms with Crippen molar-refractivity contribution in [2.45, 2.75) is 32.7 Å². The van der Waals surface area contributed by atoms with E-state index in [1.165, 1.54) is 18.2 Å². The predicted molar refractivity (Wildman–Crippen MR) is 117 cm³/mol. The Labute approximate surface area is 186 Å². The zero-order valence-corrected chi connectivity index (χ0v) is 18.4. The molecule has 4 rings (SSSR count). The fraction of sp³-hybridized carbons (Fsp3) is 0.458. The maximum absolute atomic E-state index is 13.9. The van der Waals surface area contributed by atoms with Crippen LogP contribution in [0, 0.1) is 11.2 Å². The highest BCUT2D eigenvalue weighted by Gasteiger charge is 2.33. The number of hydrogen-bond acceptors (Lipinski definition) is 5. The molecule has 2 aliphatic rings. The number of morpholine rings is 1. The molecule has 0 saturated carbocycles. The maximum Gasteiger partial charge on any atom is 0.261 e. The second-order valence-corrected chi connectivity index (χ2v) is 9.27. The minimum absolute atomic E-state index is 0.0764. The number of ether oxygens (including phenoxy) is 1. The number of rotatable bonds is 5. The Hall–Kier alpha value is -2.84. The standard InChI is InChI=1S/C24H28FN3O4/c1-24(2)12-19-17(21(29)13-24)11-18(23(31)27-19)22(30)26-14-20(28-6-8-32-9-7-28)15-4-3-5-16(25)10-15/h3-5,10-11,20H,6-9,12-14H2,1-2H3,(H,26,30)(H,27,31). The number of carbonyl (C=O) groups is 2. The average molecular weight is 442 g/mol. The van der Waals surface area contributed by atoms with Crippen molar-refractivity contribution in [3.8, 4) is 0 Å². The van der Waals surface area contributed by atoms with Crippen LogP contribution in [0.25, 0.3) is 0 Å². The topological polar surface area (TPSA) is 91.5 Å². The van der Waals surface area contributed by atoms with Gasteiger partial charge in [-0.15, -0.1) is 0 Å². The molecule has 8 heteroatoms. The number of ketones is 1. The monoisotopic (exact) mass is 441 g/mol. The zero-order chi connectivity index (χ0) is 22.9. The Morgan fingerprint density at radius 1 is 1.22 bits per heavy atom. The average Bonchev–Trinajstić information content (AvgIpc) is 2.73. The normalized spacial score (nSPS) is 19.3. The van der Waals surface area contributed by atoms with E-state index in [4.69, 9.17) is 4.74 Å². The predicted octanol–water partition coefficient (Wildman–Crippen LogP) is 2.47. The summed E-state index contributed by atoms with van der Waals surface area (Å²) in [6.45, 7) is 6.57. The molecule has 1 amide bonds. The van der Waals surface area contributed by atoms with Crippen molar-refractivity contribution in [3.05, 3.63) is 68.9 Å². The number of fused-ring (bicyclic) bond motifs is 1. The Morgan fingerprint density at radius 3 is 2.69 bits per heavy atom. The summed E-state index contributed by atoms with van der Waals surface area (Å²) in [7, 11) is 0. The third-order valence-electron chi connectivity index (χ3n) is 6.14. The summed E-state index contributed by atoms with van der Waals surface area (Å²) in [5.74, 6) is -0.978. The van der Waals surface area contributed by atoms with Gasteiger partial charge in [-0.2, -0.15) is 0 Å². The second kappa shape index (κ2) is 8.96. The number of carbonyl (C=O) groups excluding carboxylic acids is 2. The van der Waals surface area contributed by atoms with Gasteiger partial charge in [-0.25, -0.2) is 4.39 Å². The molecule has 1 aliphatic carbocycles. The summed E-state index contributed by atoms with van der Waals surface area (Å²) in [6.07, 6.45) is 0.940. The molecule has 0 radical (unpaired) electrons. The molecule has 0 spiro atoms. The first-order valence-electron chi connectivity index (χ1n) is 10.9. The van der Waals surface area contributed by atoms with Crippen molar-refractivity contribution in [1.82, 2.24) is 15.2 Å². The van der Waals surface area contributed by atoms with Gasteiger partial charge in [-0.1, -0.05) is 26.0 Å². The minimum atomic E-state index is -0.554. The lowest BCUT2D eigenvalue weighted by molar-refractivity contribution is 0.0162.